The number of rotatable bonds is 6. The highest BCUT2D eigenvalue weighted by Crippen LogP contribution is 2.34. The van der Waals surface area contributed by atoms with Gasteiger partial charge >= 0.3 is 12.0 Å². The Morgan fingerprint density at radius 1 is 1.48 bits per heavy atom. The normalized spacial score (nSPS) is 23.4. The lowest BCUT2D eigenvalue weighted by Crippen LogP contribution is -2.60. The molecule has 0 bridgehead atoms. The van der Waals surface area contributed by atoms with Crippen molar-refractivity contribution in [1.29, 1.82) is 0 Å². The lowest BCUT2D eigenvalue weighted by atomic mass is 10.1. The van der Waals surface area contributed by atoms with E-state index in [4.69, 9.17) is 5.11 Å². The maximum Gasteiger partial charge on any atom is 0.318 e. The molecule has 3 N–H and O–H groups in total. The molecule has 1 aliphatic heterocycles. The number of carbonyl (C=O) groups is 3. The minimum Gasteiger partial charge on any atom is -0.481 e. The van der Waals surface area contributed by atoms with Crippen LogP contribution >= 0.6 is 0 Å². The van der Waals surface area contributed by atoms with Crippen LogP contribution in [0.3, 0.4) is 0 Å². The lowest BCUT2D eigenvalue weighted by molar-refractivity contribution is -0.142. The molecule has 2 fully saturated rings. The highest BCUT2D eigenvalue weighted by molar-refractivity contribution is 5.91. The zero-order valence-electron chi connectivity index (χ0n) is 12.3. The molecule has 0 spiro atoms. The second-order valence-electron chi connectivity index (χ2n) is 5.83. The van der Waals surface area contributed by atoms with Gasteiger partial charge in [0.05, 0.1) is 6.42 Å². The number of aliphatic carboxylic acids is 1. The molecule has 0 radical (unpaired) electrons. The van der Waals surface area contributed by atoms with Gasteiger partial charge < -0.3 is 20.6 Å². The quantitative estimate of drug-likeness (QED) is 0.666. The molecule has 2 unspecified atom stereocenters. The molecule has 1 saturated carbocycles. The third-order valence-electron chi connectivity index (χ3n) is 4.09. The summed E-state index contributed by atoms with van der Waals surface area (Å²) in [6.07, 6.45) is 3.89. The molecule has 7 nitrogen and oxygen atoms in total. The zero-order valence-corrected chi connectivity index (χ0v) is 12.3. The maximum atomic E-state index is 12.3. The Morgan fingerprint density at radius 2 is 2.19 bits per heavy atom. The number of carboxylic acid groups (broad SMARTS) is 1. The molecule has 3 amide bonds. The Labute approximate surface area is 124 Å². The van der Waals surface area contributed by atoms with Crippen molar-refractivity contribution in [3.05, 3.63) is 0 Å². The molecular weight excluding hydrogens is 274 g/mol. The third-order valence-corrected chi connectivity index (χ3v) is 4.09. The fourth-order valence-electron chi connectivity index (χ4n) is 2.67. The van der Waals surface area contributed by atoms with E-state index in [1.807, 2.05) is 6.92 Å². The van der Waals surface area contributed by atoms with Crippen LogP contribution in [0.2, 0.25) is 0 Å². The first-order valence-electron chi connectivity index (χ1n) is 7.58. The van der Waals surface area contributed by atoms with E-state index in [9.17, 15) is 14.4 Å². The highest BCUT2D eigenvalue weighted by atomic mass is 16.4. The Bertz CT molecular complexity index is 422. The van der Waals surface area contributed by atoms with E-state index in [2.05, 4.69) is 10.6 Å². The van der Waals surface area contributed by atoms with Crippen molar-refractivity contribution < 1.29 is 19.5 Å². The highest BCUT2D eigenvalue weighted by Gasteiger charge is 2.35. The maximum absolute atomic E-state index is 12.3. The molecule has 7 heteroatoms. The number of amides is 3. The molecule has 0 aromatic rings. The smallest absolute Gasteiger partial charge is 0.318 e. The van der Waals surface area contributed by atoms with Gasteiger partial charge in [0.25, 0.3) is 0 Å². The average Bonchev–Trinajstić information content (AvgIpc) is 3.23. The number of nitrogens with zero attached hydrogens (tertiary/aromatic N) is 1. The molecule has 0 aromatic carbocycles. The van der Waals surface area contributed by atoms with Gasteiger partial charge in [-0.15, -0.1) is 0 Å². The van der Waals surface area contributed by atoms with Gasteiger partial charge in [-0.1, -0.05) is 19.8 Å². The van der Waals surface area contributed by atoms with Gasteiger partial charge in [-0.3, -0.25) is 9.59 Å². The minimum absolute atomic E-state index is 0.0977. The van der Waals surface area contributed by atoms with Crippen molar-refractivity contribution in [3.63, 3.8) is 0 Å². The van der Waals surface area contributed by atoms with Crippen molar-refractivity contribution in [2.24, 2.45) is 5.92 Å². The number of nitrogens with one attached hydrogen (secondary N) is 2. The first-order chi connectivity index (χ1) is 10.0. The number of piperazine rings is 1. The molecule has 1 saturated heterocycles. The van der Waals surface area contributed by atoms with E-state index in [1.165, 1.54) is 17.7 Å². The average molecular weight is 297 g/mol. The number of hydrogen-bond acceptors (Lipinski definition) is 3. The summed E-state index contributed by atoms with van der Waals surface area (Å²) in [7, 11) is 0. The van der Waals surface area contributed by atoms with Gasteiger partial charge in [0, 0.05) is 19.1 Å². The number of carboxylic acids is 1. The van der Waals surface area contributed by atoms with Gasteiger partial charge in [-0.25, -0.2) is 4.79 Å². The Balaban J connectivity index is 1.96. The van der Waals surface area contributed by atoms with Crippen LogP contribution in [0.25, 0.3) is 0 Å². The molecule has 118 valence electrons. The molecule has 1 aliphatic carbocycles. The lowest BCUT2D eigenvalue weighted by Gasteiger charge is -2.35. The molecule has 2 rings (SSSR count). The van der Waals surface area contributed by atoms with Gasteiger partial charge in [0.1, 0.15) is 6.04 Å². The van der Waals surface area contributed by atoms with Crippen LogP contribution in [0.5, 0.6) is 0 Å². The van der Waals surface area contributed by atoms with E-state index >= 15 is 0 Å². The Hall–Kier alpha value is -1.79. The number of carbonyl (C=O) groups excluding carboxylic acids is 2. The van der Waals surface area contributed by atoms with Crippen LogP contribution in [0.4, 0.5) is 4.79 Å². The van der Waals surface area contributed by atoms with Crippen LogP contribution in [0.1, 0.15) is 39.0 Å². The topological polar surface area (TPSA) is 98.7 Å². The summed E-state index contributed by atoms with van der Waals surface area (Å²) in [5.74, 6) is -0.774. The van der Waals surface area contributed by atoms with Crippen molar-refractivity contribution in [2.45, 2.75) is 51.1 Å². The van der Waals surface area contributed by atoms with Gasteiger partial charge in [0.15, 0.2) is 0 Å². The molecule has 2 atom stereocenters. The third kappa shape index (κ3) is 4.34. The number of urea groups is 1. The van der Waals surface area contributed by atoms with E-state index in [-0.39, 0.29) is 18.5 Å². The van der Waals surface area contributed by atoms with Crippen molar-refractivity contribution in [3.8, 4) is 0 Å². The molecule has 21 heavy (non-hydrogen) atoms. The van der Waals surface area contributed by atoms with Crippen LogP contribution in [-0.2, 0) is 9.59 Å². The van der Waals surface area contributed by atoms with Gasteiger partial charge in [0.2, 0.25) is 5.91 Å². The molecule has 2 aliphatic rings. The summed E-state index contributed by atoms with van der Waals surface area (Å²) in [5, 5.41) is 14.5. The predicted molar refractivity (Wildman–Crippen MR) is 75.7 cm³/mol. The van der Waals surface area contributed by atoms with E-state index in [0.717, 1.165) is 12.8 Å². The fraction of sp³-hybridized carbons (Fsp3) is 0.786. The second-order valence-corrected chi connectivity index (χ2v) is 5.83. The summed E-state index contributed by atoms with van der Waals surface area (Å²) in [4.78, 5) is 36.4. The first-order valence-corrected chi connectivity index (χ1v) is 7.58. The predicted octanol–water partition coefficient (Wildman–Crippen LogP) is 0.550. The Kier molecular flexibility index (Phi) is 5.03. The van der Waals surface area contributed by atoms with Gasteiger partial charge in [-0.2, -0.15) is 0 Å². The van der Waals surface area contributed by atoms with Crippen LogP contribution in [-0.4, -0.2) is 53.1 Å². The second kappa shape index (κ2) is 6.78. The summed E-state index contributed by atoms with van der Waals surface area (Å²) < 4.78 is 0. The first kappa shape index (κ1) is 15.6. The monoisotopic (exact) mass is 297 g/mol. The summed E-state index contributed by atoms with van der Waals surface area (Å²) in [6, 6.07) is -1.15. The van der Waals surface area contributed by atoms with Crippen LogP contribution < -0.4 is 10.6 Å². The molecular formula is C14H23N3O4. The minimum atomic E-state index is -1.08. The van der Waals surface area contributed by atoms with Crippen LogP contribution in [0, 0.1) is 5.92 Å². The number of hydrogen-bond donors (Lipinski definition) is 3. The largest absolute Gasteiger partial charge is 0.481 e. The van der Waals surface area contributed by atoms with Crippen molar-refractivity contribution in [1.82, 2.24) is 15.5 Å². The van der Waals surface area contributed by atoms with E-state index < -0.39 is 17.9 Å². The summed E-state index contributed by atoms with van der Waals surface area (Å²) >= 11 is 0. The Morgan fingerprint density at radius 3 is 2.76 bits per heavy atom. The van der Waals surface area contributed by atoms with E-state index in [0.29, 0.717) is 19.0 Å². The summed E-state index contributed by atoms with van der Waals surface area (Å²) in [5.41, 5.74) is 0. The SMILES string of the molecule is CCC(CC1CC1)NC(=O)N1CCNC(=O)C1CC(=O)O. The van der Waals surface area contributed by atoms with Crippen LogP contribution in [0.15, 0.2) is 0 Å². The van der Waals surface area contributed by atoms with Gasteiger partial charge in [-0.05, 0) is 18.8 Å². The van der Waals surface area contributed by atoms with E-state index in [1.54, 1.807) is 0 Å². The van der Waals surface area contributed by atoms with Crippen molar-refractivity contribution in [2.75, 3.05) is 13.1 Å². The van der Waals surface area contributed by atoms with Crippen molar-refractivity contribution >= 4 is 17.9 Å². The molecule has 0 aromatic heterocycles. The fourth-order valence-corrected chi connectivity index (χ4v) is 2.67. The zero-order chi connectivity index (χ0) is 15.4. The summed E-state index contributed by atoms with van der Waals surface area (Å²) in [6.45, 7) is 2.72. The molecule has 1 heterocycles. The standard InChI is InChI=1S/C14H23N3O4/c1-2-10(7-9-3-4-9)16-14(21)17-6-5-15-13(20)11(17)8-12(18)19/h9-11H,2-8H2,1H3,(H,15,20)(H,16,21)(H,18,19).